The average Bonchev–Trinajstić information content (AvgIpc) is 2.03. The van der Waals surface area contributed by atoms with Crippen LogP contribution in [0.5, 0.6) is 0 Å². The molecule has 0 fully saturated rings. The lowest BCUT2D eigenvalue weighted by molar-refractivity contribution is 0.425. The van der Waals surface area contributed by atoms with Gasteiger partial charge in [0.15, 0.2) is 0 Å². The van der Waals surface area contributed by atoms with Crippen LogP contribution in [-0.4, -0.2) is 17.2 Å². The van der Waals surface area contributed by atoms with E-state index in [1.54, 1.807) is 24.3 Å². The molecule has 1 aromatic carbocycles. The molecule has 0 unspecified atom stereocenters. The van der Waals surface area contributed by atoms with E-state index in [4.69, 9.17) is 12.8 Å². The maximum absolute atomic E-state index is 8.92. The second-order valence-corrected chi connectivity index (χ2v) is 2.15. The Bertz CT molecular complexity index is 322. The summed E-state index contributed by atoms with van der Waals surface area (Å²) in [7, 11) is -1.56. The largest absolute Gasteiger partial charge is 0.489 e. The van der Waals surface area contributed by atoms with Crippen molar-refractivity contribution in [1.29, 1.82) is 0 Å². The summed E-state index contributed by atoms with van der Waals surface area (Å²) in [6.07, 6.45) is 1.26. The Morgan fingerprint density at radius 3 is 2.82 bits per heavy atom. The molecule has 1 rings (SSSR count). The molecule has 0 aromatic heterocycles. The number of rotatable bonds is 2. The van der Waals surface area contributed by atoms with Crippen molar-refractivity contribution in [2.45, 2.75) is 0 Å². The molecule has 3 heteroatoms. The standard InChI is InChI=1S/C8H9BO2/c1-2-7-5-3-4-6-8(7)9(10)11/h2-6,10-11H,1H2/i1D2. The third-order valence-electron chi connectivity index (χ3n) is 1.43. The minimum absolute atomic E-state index is 0.305. The van der Waals surface area contributed by atoms with Gasteiger partial charge in [-0.05, 0) is 11.0 Å². The molecule has 1 aromatic rings. The van der Waals surface area contributed by atoms with Crippen molar-refractivity contribution in [2.24, 2.45) is 0 Å². The van der Waals surface area contributed by atoms with Gasteiger partial charge in [0.2, 0.25) is 0 Å². The van der Waals surface area contributed by atoms with Crippen LogP contribution in [0.15, 0.2) is 30.8 Å². The maximum Gasteiger partial charge on any atom is 0.489 e. The van der Waals surface area contributed by atoms with Crippen LogP contribution >= 0.6 is 0 Å². The first kappa shape index (κ1) is 5.58. The SMILES string of the molecule is [2H]C([2H])=Cc1ccccc1B(O)O. The van der Waals surface area contributed by atoms with Crippen molar-refractivity contribution >= 4 is 18.7 Å². The molecule has 0 saturated carbocycles. The van der Waals surface area contributed by atoms with Crippen LogP contribution in [0, 0.1) is 0 Å². The molecular weight excluding hydrogens is 139 g/mol. The lowest BCUT2D eigenvalue weighted by Gasteiger charge is -2.02. The lowest BCUT2D eigenvalue weighted by Crippen LogP contribution is -2.31. The monoisotopic (exact) mass is 150 g/mol. The van der Waals surface area contributed by atoms with E-state index >= 15 is 0 Å². The predicted molar refractivity (Wildman–Crippen MR) is 46.4 cm³/mol. The van der Waals surface area contributed by atoms with E-state index in [1.165, 1.54) is 6.08 Å². The molecule has 0 aliphatic carbocycles. The van der Waals surface area contributed by atoms with Crippen molar-refractivity contribution in [2.75, 3.05) is 0 Å². The summed E-state index contributed by atoms with van der Waals surface area (Å²) in [5, 5.41) is 17.8. The molecule has 0 heterocycles. The third kappa shape index (κ3) is 1.70. The van der Waals surface area contributed by atoms with Crippen LogP contribution in [0.1, 0.15) is 8.30 Å². The molecule has 2 nitrogen and oxygen atoms in total. The second-order valence-electron chi connectivity index (χ2n) is 2.15. The first-order valence-electron chi connectivity index (χ1n) is 4.21. The zero-order valence-electron chi connectivity index (χ0n) is 7.86. The van der Waals surface area contributed by atoms with Crippen molar-refractivity contribution in [3.63, 3.8) is 0 Å². The van der Waals surface area contributed by atoms with E-state index in [2.05, 4.69) is 0 Å². The van der Waals surface area contributed by atoms with Gasteiger partial charge in [-0.1, -0.05) is 36.9 Å². The topological polar surface area (TPSA) is 40.5 Å². The molecule has 0 aliphatic rings. The number of benzene rings is 1. The van der Waals surface area contributed by atoms with Crippen LogP contribution in [0.4, 0.5) is 0 Å². The van der Waals surface area contributed by atoms with Gasteiger partial charge in [0.05, 0.1) is 2.74 Å². The quantitative estimate of drug-likeness (QED) is 0.583. The fraction of sp³-hybridized carbons (Fsp3) is 0. The molecule has 0 radical (unpaired) electrons. The van der Waals surface area contributed by atoms with E-state index in [9.17, 15) is 0 Å². The minimum atomic E-state index is -1.56. The predicted octanol–water partition coefficient (Wildman–Crippen LogP) is 0.00940. The Morgan fingerprint density at radius 2 is 2.18 bits per heavy atom. The van der Waals surface area contributed by atoms with Crippen LogP contribution in [0.2, 0.25) is 0 Å². The first-order chi connectivity index (χ1) is 6.11. The van der Waals surface area contributed by atoms with Gasteiger partial charge in [-0.2, -0.15) is 0 Å². The highest BCUT2D eigenvalue weighted by Crippen LogP contribution is 1.97. The lowest BCUT2D eigenvalue weighted by atomic mass is 9.77. The molecule has 56 valence electrons. The van der Waals surface area contributed by atoms with Crippen molar-refractivity contribution in [3.05, 3.63) is 36.4 Å². The van der Waals surface area contributed by atoms with Crippen LogP contribution in [-0.2, 0) is 0 Å². The minimum Gasteiger partial charge on any atom is -0.423 e. The smallest absolute Gasteiger partial charge is 0.423 e. The summed E-state index contributed by atoms with van der Waals surface area (Å²) in [4.78, 5) is 0. The van der Waals surface area contributed by atoms with Gasteiger partial charge in [0.25, 0.3) is 0 Å². The first-order valence-corrected chi connectivity index (χ1v) is 3.21. The molecule has 11 heavy (non-hydrogen) atoms. The summed E-state index contributed by atoms with van der Waals surface area (Å²) in [6, 6.07) is 6.54. The Hall–Kier alpha value is -1.06. The van der Waals surface area contributed by atoms with E-state index in [1.807, 2.05) is 0 Å². The highest BCUT2D eigenvalue weighted by molar-refractivity contribution is 6.59. The normalized spacial score (nSPS) is 11.5. The Kier molecular flexibility index (Phi) is 1.71. The van der Waals surface area contributed by atoms with Crippen LogP contribution in [0.25, 0.3) is 6.08 Å². The summed E-state index contributed by atoms with van der Waals surface area (Å²) in [6.45, 7) is -0.367. The zero-order valence-corrected chi connectivity index (χ0v) is 5.86. The molecule has 2 N–H and O–H groups in total. The van der Waals surface area contributed by atoms with E-state index in [0.29, 0.717) is 11.0 Å². The van der Waals surface area contributed by atoms with Gasteiger partial charge in [0.1, 0.15) is 0 Å². The Balaban J connectivity index is 3.12. The molecular formula is C8H9BO2. The average molecular weight is 150 g/mol. The Morgan fingerprint density at radius 1 is 1.45 bits per heavy atom. The highest BCUT2D eigenvalue weighted by Gasteiger charge is 2.12. The van der Waals surface area contributed by atoms with Gasteiger partial charge in [-0.3, -0.25) is 0 Å². The third-order valence-corrected chi connectivity index (χ3v) is 1.43. The van der Waals surface area contributed by atoms with Gasteiger partial charge in [-0.15, -0.1) is 0 Å². The summed E-state index contributed by atoms with van der Waals surface area (Å²) in [5.41, 5.74) is 0.789. The second kappa shape index (κ2) is 3.37. The molecule has 0 amide bonds. The summed E-state index contributed by atoms with van der Waals surface area (Å²) >= 11 is 0. The van der Waals surface area contributed by atoms with Crippen LogP contribution < -0.4 is 5.46 Å². The maximum atomic E-state index is 8.92. The molecule has 0 atom stereocenters. The molecule has 0 saturated heterocycles. The summed E-state index contributed by atoms with van der Waals surface area (Å²) < 4.78 is 13.8. The van der Waals surface area contributed by atoms with Crippen molar-refractivity contribution in [1.82, 2.24) is 0 Å². The fourth-order valence-electron chi connectivity index (χ4n) is 0.877. The number of hydrogen-bond donors (Lipinski definition) is 2. The van der Waals surface area contributed by atoms with Gasteiger partial charge in [-0.25, -0.2) is 0 Å². The van der Waals surface area contributed by atoms with Gasteiger partial charge < -0.3 is 10.0 Å². The number of hydrogen-bond acceptors (Lipinski definition) is 2. The zero-order chi connectivity index (χ0) is 9.84. The van der Waals surface area contributed by atoms with Gasteiger partial charge >= 0.3 is 7.12 Å². The molecule has 0 spiro atoms. The fourth-order valence-corrected chi connectivity index (χ4v) is 0.877. The molecule has 0 bridgehead atoms. The van der Waals surface area contributed by atoms with E-state index in [-0.39, 0.29) is 6.53 Å². The van der Waals surface area contributed by atoms with Crippen LogP contribution in [0.3, 0.4) is 0 Å². The van der Waals surface area contributed by atoms with E-state index < -0.39 is 7.12 Å². The van der Waals surface area contributed by atoms with Crippen molar-refractivity contribution in [3.8, 4) is 0 Å². The summed E-state index contributed by atoms with van der Waals surface area (Å²) in [5.74, 6) is 0. The van der Waals surface area contributed by atoms with E-state index in [0.717, 1.165) is 0 Å². The van der Waals surface area contributed by atoms with Crippen molar-refractivity contribution < 1.29 is 12.8 Å². The highest BCUT2D eigenvalue weighted by atomic mass is 16.4. The van der Waals surface area contributed by atoms with Gasteiger partial charge in [0, 0.05) is 0 Å². The Labute approximate surface area is 68.8 Å². The molecule has 0 aliphatic heterocycles.